The van der Waals surface area contributed by atoms with Gasteiger partial charge in [-0.05, 0) is 54.4 Å². The molecule has 0 aliphatic rings. The lowest BCUT2D eigenvalue weighted by Gasteiger charge is -2.26. The maximum atomic E-state index is 15.0. The first kappa shape index (κ1) is 23.9. The summed E-state index contributed by atoms with van der Waals surface area (Å²) in [5.74, 6) is -2.52. The normalized spacial score (nSPS) is 13.1. The van der Waals surface area contributed by atoms with E-state index in [4.69, 9.17) is 11.6 Å². The van der Waals surface area contributed by atoms with Crippen LogP contribution in [-0.4, -0.2) is 24.5 Å². The molecule has 0 fully saturated rings. The maximum Gasteiger partial charge on any atom is 0.240 e. The van der Waals surface area contributed by atoms with Gasteiger partial charge in [-0.25, -0.2) is 13.8 Å². The van der Waals surface area contributed by atoms with Gasteiger partial charge in [0.1, 0.15) is 24.3 Å². The topological polar surface area (TPSA) is 60.6 Å². The molecule has 0 aliphatic heterocycles. The van der Waals surface area contributed by atoms with Crippen LogP contribution in [0.25, 0.3) is 10.9 Å². The summed E-state index contributed by atoms with van der Waals surface area (Å²) in [6.45, 7) is 2.61. The minimum Gasteiger partial charge on any atom is -0.381 e. The largest absolute Gasteiger partial charge is 0.381 e. The number of rotatable bonds is 8. The lowest BCUT2D eigenvalue weighted by molar-refractivity contribution is 0.349. The zero-order valence-corrected chi connectivity index (χ0v) is 20.0. The Morgan fingerprint density at radius 1 is 1.00 bits per heavy atom. The van der Waals surface area contributed by atoms with Gasteiger partial charge in [0.15, 0.2) is 0 Å². The number of anilines is 1. The highest BCUT2D eigenvalue weighted by Gasteiger charge is 2.28. The number of aromatic nitrogens is 5. The van der Waals surface area contributed by atoms with Crippen LogP contribution < -0.4 is 5.32 Å². The lowest BCUT2D eigenvalue weighted by Crippen LogP contribution is -2.22. The Kier molecular flexibility index (Phi) is 6.65. The van der Waals surface area contributed by atoms with E-state index in [0.29, 0.717) is 22.5 Å². The van der Waals surface area contributed by atoms with Gasteiger partial charge in [0.05, 0.1) is 23.5 Å². The molecule has 0 saturated heterocycles. The van der Waals surface area contributed by atoms with Crippen LogP contribution in [0, 0.1) is 17.6 Å². The predicted octanol–water partition coefficient (Wildman–Crippen LogP) is 6.36. The van der Waals surface area contributed by atoms with Gasteiger partial charge in [-0.15, -0.1) is 5.10 Å². The fourth-order valence-corrected chi connectivity index (χ4v) is 4.47. The molecular formula is C26H22ClF3N6. The Labute approximate surface area is 210 Å². The Balaban J connectivity index is 1.46. The van der Waals surface area contributed by atoms with Crippen LogP contribution in [0.1, 0.15) is 30.0 Å². The van der Waals surface area contributed by atoms with E-state index in [0.717, 1.165) is 17.3 Å². The molecule has 0 radical (unpaired) electrons. The standard InChI is InChI=1S/C26H22ClF3N6/c1-16(23(13-35-15-31-14-33-35)21-8-6-19(28)10-24(21)29)36-25-9-7-20(11-22(25)26(30)34-36)32-12-17-2-4-18(27)5-3-17/h2-11,14-16,23,32H,12-13H2,1H3/t16-,23-/m1/s1. The minimum atomic E-state index is -0.683. The molecule has 0 bridgehead atoms. The van der Waals surface area contributed by atoms with E-state index in [1.807, 2.05) is 37.3 Å². The van der Waals surface area contributed by atoms with Gasteiger partial charge in [-0.3, -0.25) is 9.36 Å². The average Bonchev–Trinajstić information content (AvgIpc) is 3.50. The van der Waals surface area contributed by atoms with Gasteiger partial charge in [0.25, 0.3) is 0 Å². The van der Waals surface area contributed by atoms with Crippen LogP contribution in [0.3, 0.4) is 0 Å². The van der Waals surface area contributed by atoms with Crippen molar-refractivity contribution in [3.05, 3.63) is 107 Å². The van der Waals surface area contributed by atoms with Crippen molar-refractivity contribution in [3.63, 3.8) is 0 Å². The van der Waals surface area contributed by atoms with Gasteiger partial charge < -0.3 is 5.32 Å². The van der Waals surface area contributed by atoms with Crippen LogP contribution in [0.2, 0.25) is 5.02 Å². The van der Waals surface area contributed by atoms with Gasteiger partial charge in [-0.1, -0.05) is 29.8 Å². The average molecular weight is 511 g/mol. The molecule has 5 rings (SSSR count). The van der Waals surface area contributed by atoms with Crippen molar-refractivity contribution in [2.24, 2.45) is 0 Å². The molecule has 184 valence electrons. The van der Waals surface area contributed by atoms with Crippen molar-refractivity contribution >= 4 is 28.2 Å². The first-order valence-corrected chi connectivity index (χ1v) is 11.7. The monoisotopic (exact) mass is 510 g/mol. The summed E-state index contributed by atoms with van der Waals surface area (Å²) in [7, 11) is 0. The summed E-state index contributed by atoms with van der Waals surface area (Å²) in [6.07, 6.45) is 2.89. The van der Waals surface area contributed by atoms with Crippen LogP contribution in [0.15, 0.2) is 73.3 Å². The fourth-order valence-electron chi connectivity index (χ4n) is 4.34. The van der Waals surface area contributed by atoms with Crippen LogP contribution in [0.4, 0.5) is 18.9 Å². The van der Waals surface area contributed by atoms with E-state index in [1.54, 1.807) is 16.8 Å². The second-order valence-corrected chi connectivity index (χ2v) is 9.01. The van der Waals surface area contributed by atoms with E-state index in [9.17, 15) is 8.78 Å². The number of nitrogens with one attached hydrogen (secondary N) is 1. The summed E-state index contributed by atoms with van der Waals surface area (Å²) in [6, 6.07) is 15.7. The third kappa shape index (κ3) is 4.92. The van der Waals surface area contributed by atoms with Crippen molar-refractivity contribution in [1.29, 1.82) is 0 Å². The molecule has 2 atom stereocenters. The minimum absolute atomic E-state index is 0.243. The zero-order chi connectivity index (χ0) is 25.2. The maximum absolute atomic E-state index is 15.0. The third-order valence-corrected chi connectivity index (χ3v) is 6.50. The highest BCUT2D eigenvalue weighted by molar-refractivity contribution is 6.30. The molecule has 0 amide bonds. The Bertz CT molecular complexity index is 1480. The highest BCUT2D eigenvalue weighted by atomic mass is 35.5. The number of hydrogen-bond acceptors (Lipinski definition) is 4. The van der Waals surface area contributed by atoms with Gasteiger partial charge in [-0.2, -0.15) is 9.49 Å². The van der Waals surface area contributed by atoms with E-state index >= 15 is 4.39 Å². The molecule has 5 aromatic rings. The second-order valence-electron chi connectivity index (χ2n) is 8.58. The molecular weight excluding hydrogens is 489 g/mol. The molecule has 0 saturated carbocycles. The van der Waals surface area contributed by atoms with Crippen molar-refractivity contribution in [2.45, 2.75) is 32.0 Å². The molecule has 3 aromatic carbocycles. The van der Waals surface area contributed by atoms with Crippen molar-refractivity contribution in [3.8, 4) is 0 Å². The summed E-state index contributed by atoms with van der Waals surface area (Å²) in [5, 5.41) is 12.5. The van der Waals surface area contributed by atoms with E-state index < -0.39 is 29.5 Å². The van der Waals surface area contributed by atoms with E-state index in [1.165, 1.54) is 29.5 Å². The molecule has 0 aliphatic carbocycles. The molecule has 2 aromatic heterocycles. The van der Waals surface area contributed by atoms with Gasteiger partial charge in [0.2, 0.25) is 5.95 Å². The molecule has 6 nitrogen and oxygen atoms in total. The number of benzene rings is 3. The van der Waals surface area contributed by atoms with Crippen molar-refractivity contribution < 1.29 is 13.2 Å². The molecule has 36 heavy (non-hydrogen) atoms. The number of nitrogens with zero attached hydrogens (tertiary/aromatic N) is 5. The second kappa shape index (κ2) is 10.0. The number of hydrogen-bond donors (Lipinski definition) is 1. The smallest absolute Gasteiger partial charge is 0.240 e. The quantitative estimate of drug-likeness (QED) is 0.264. The lowest BCUT2D eigenvalue weighted by atomic mass is 9.91. The Morgan fingerprint density at radius 3 is 2.53 bits per heavy atom. The zero-order valence-electron chi connectivity index (χ0n) is 19.2. The molecule has 0 spiro atoms. The van der Waals surface area contributed by atoms with E-state index in [-0.39, 0.29) is 12.1 Å². The van der Waals surface area contributed by atoms with Gasteiger partial charge in [0, 0.05) is 29.2 Å². The van der Waals surface area contributed by atoms with E-state index in [2.05, 4.69) is 20.5 Å². The van der Waals surface area contributed by atoms with Crippen molar-refractivity contribution in [2.75, 3.05) is 5.32 Å². The van der Waals surface area contributed by atoms with Gasteiger partial charge >= 0.3 is 0 Å². The van der Waals surface area contributed by atoms with Crippen LogP contribution >= 0.6 is 11.6 Å². The molecule has 10 heteroatoms. The highest BCUT2D eigenvalue weighted by Crippen LogP contribution is 2.35. The number of halogens is 4. The Morgan fingerprint density at radius 2 is 1.81 bits per heavy atom. The van der Waals surface area contributed by atoms with Crippen LogP contribution in [-0.2, 0) is 13.1 Å². The SMILES string of the molecule is C[C@H]([C@@H](Cn1cncn1)c1ccc(F)cc1F)n1nc(F)c2cc(NCc3ccc(Cl)cc3)ccc21. The summed E-state index contributed by atoms with van der Waals surface area (Å²) >= 11 is 5.94. The van der Waals surface area contributed by atoms with Crippen LogP contribution in [0.5, 0.6) is 0 Å². The first-order valence-electron chi connectivity index (χ1n) is 11.3. The predicted molar refractivity (Wildman–Crippen MR) is 132 cm³/mol. The number of fused-ring (bicyclic) bond motifs is 1. The molecule has 2 heterocycles. The summed E-state index contributed by atoms with van der Waals surface area (Å²) < 4.78 is 46.5. The molecule has 0 unspecified atom stereocenters. The van der Waals surface area contributed by atoms with Crippen molar-refractivity contribution in [1.82, 2.24) is 24.5 Å². The summed E-state index contributed by atoms with van der Waals surface area (Å²) in [5.41, 5.74) is 2.60. The summed E-state index contributed by atoms with van der Waals surface area (Å²) in [4.78, 5) is 3.95. The third-order valence-electron chi connectivity index (χ3n) is 6.25. The molecule has 1 N–H and O–H groups in total. The Hall–Kier alpha value is -3.85. The first-order chi connectivity index (χ1) is 17.4. The fraction of sp³-hybridized carbons (Fsp3) is 0.192.